The Morgan fingerprint density at radius 2 is 2.28 bits per heavy atom. The lowest BCUT2D eigenvalue weighted by atomic mass is 10.0. The van der Waals surface area contributed by atoms with Crippen LogP contribution in [0.2, 0.25) is 0 Å². The van der Waals surface area contributed by atoms with Crippen LogP contribution in [0.25, 0.3) is 0 Å². The molecule has 1 saturated carbocycles. The SMILES string of the molecule is COCC1(C(=O)O)CN(C(=O)c2ccc(NCC3CC3)nc2)CCO1. The molecule has 8 nitrogen and oxygen atoms in total. The molecule has 1 aliphatic heterocycles. The van der Waals surface area contributed by atoms with Crippen LogP contribution >= 0.6 is 0 Å². The third-order valence-corrected chi connectivity index (χ3v) is 4.52. The predicted octanol–water partition coefficient (Wildman–Crippen LogP) is 0.846. The smallest absolute Gasteiger partial charge is 0.340 e. The van der Waals surface area contributed by atoms with Gasteiger partial charge in [0.2, 0.25) is 5.60 Å². The van der Waals surface area contributed by atoms with Gasteiger partial charge in [0.05, 0.1) is 25.3 Å². The maximum atomic E-state index is 12.7. The summed E-state index contributed by atoms with van der Waals surface area (Å²) in [4.78, 5) is 30.0. The lowest BCUT2D eigenvalue weighted by Crippen LogP contribution is -2.60. The van der Waals surface area contributed by atoms with Gasteiger partial charge in [-0.1, -0.05) is 0 Å². The first-order chi connectivity index (χ1) is 12.0. The second kappa shape index (κ2) is 7.37. The van der Waals surface area contributed by atoms with Crippen LogP contribution < -0.4 is 5.32 Å². The first kappa shape index (κ1) is 17.6. The van der Waals surface area contributed by atoms with E-state index in [0.29, 0.717) is 12.1 Å². The fourth-order valence-electron chi connectivity index (χ4n) is 2.85. The molecule has 2 N–H and O–H groups in total. The third-order valence-electron chi connectivity index (χ3n) is 4.52. The third kappa shape index (κ3) is 4.08. The van der Waals surface area contributed by atoms with Gasteiger partial charge in [-0.3, -0.25) is 4.79 Å². The zero-order valence-corrected chi connectivity index (χ0v) is 14.2. The van der Waals surface area contributed by atoms with Crippen molar-refractivity contribution in [2.24, 2.45) is 5.92 Å². The van der Waals surface area contributed by atoms with Crippen LogP contribution in [0.4, 0.5) is 5.82 Å². The van der Waals surface area contributed by atoms with Crippen molar-refractivity contribution in [3.63, 3.8) is 0 Å². The minimum absolute atomic E-state index is 0.0588. The summed E-state index contributed by atoms with van der Waals surface area (Å²) in [6.45, 7) is 1.21. The molecule has 2 fully saturated rings. The number of aromatic nitrogens is 1. The fourth-order valence-corrected chi connectivity index (χ4v) is 2.85. The minimum atomic E-state index is -1.53. The molecule has 2 aliphatic rings. The van der Waals surface area contributed by atoms with Crippen LogP contribution in [-0.2, 0) is 14.3 Å². The Bertz CT molecular complexity index is 628. The first-order valence-corrected chi connectivity index (χ1v) is 8.39. The number of carboxylic acid groups (broad SMARTS) is 1. The number of hydrogen-bond acceptors (Lipinski definition) is 6. The highest BCUT2D eigenvalue weighted by atomic mass is 16.6. The molecule has 1 aliphatic carbocycles. The number of nitrogens with one attached hydrogen (secondary N) is 1. The normalized spacial score (nSPS) is 23.3. The summed E-state index contributed by atoms with van der Waals surface area (Å²) in [6.07, 6.45) is 4.03. The van der Waals surface area contributed by atoms with Gasteiger partial charge in [-0.15, -0.1) is 0 Å². The zero-order chi connectivity index (χ0) is 17.9. The molecule has 1 unspecified atom stereocenters. The van der Waals surface area contributed by atoms with Gasteiger partial charge in [-0.2, -0.15) is 0 Å². The highest BCUT2D eigenvalue weighted by Crippen LogP contribution is 2.28. The molecule has 1 amide bonds. The van der Waals surface area contributed by atoms with E-state index in [1.807, 2.05) is 0 Å². The van der Waals surface area contributed by atoms with Crippen LogP contribution in [0.3, 0.4) is 0 Å². The number of anilines is 1. The summed E-state index contributed by atoms with van der Waals surface area (Å²) in [5, 5.41) is 12.7. The van der Waals surface area contributed by atoms with Crippen molar-refractivity contribution in [2.75, 3.05) is 45.3 Å². The number of nitrogens with zero attached hydrogens (tertiary/aromatic N) is 2. The van der Waals surface area contributed by atoms with Crippen molar-refractivity contribution < 1.29 is 24.2 Å². The van der Waals surface area contributed by atoms with E-state index in [4.69, 9.17) is 9.47 Å². The molecule has 0 bridgehead atoms. The number of aliphatic carboxylic acids is 1. The van der Waals surface area contributed by atoms with E-state index in [2.05, 4.69) is 10.3 Å². The predicted molar refractivity (Wildman–Crippen MR) is 89.5 cm³/mol. The maximum absolute atomic E-state index is 12.7. The molecule has 2 heterocycles. The number of amides is 1. The molecule has 1 aromatic heterocycles. The molecule has 1 atom stereocenters. The number of carboxylic acids is 1. The van der Waals surface area contributed by atoms with Gasteiger partial charge in [0.15, 0.2) is 0 Å². The summed E-state index contributed by atoms with van der Waals surface area (Å²) in [5.74, 6) is 0.0851. The number of carbonyl (C=O) groups excluding carboxylic acids is 1. The molecule has 0 spiro atoms. The van der Waals surface area contributed by atoms with E-state index < -0.39 is 11.6 Å². The molecule has 1 saturated heterocycles. The van der Waals surface area contributed by atoms with Gasteiger partial charge in [0.25, 0.3) is 5.91 Å². The topological polar surface area (TPSA) is 101 Å². The van der Waals surface area contributed by atoms with Crippen molar-refractivity contribution in [1.29, 1.82) is 0 Å². The number of pyridine rings is 1. The lowest BCUT2D eigenvalue weighted by Gasteiger charge is -2.39. The Hall–Kier alpha value is -2.19. The van der Waals surface area contributed by atoms with E-state index in [9.17, 15) is 14.7 Å². The monoisotopic (exact) mass is 349 g/mol. The van der Waals surface area contributed by atoms with E-state index in [1.165, 1.54) is 31.0 Å². The van der Waals surface area contributed by atoms with Crippen LogP contribution in [0, 0.1) is 5.92 Å². The number of morpholine rings is 1. The van der Waals surface area contributed by atoms with Crippen molar-refractivity contribution in [3.05, 3.63) is 23.9 Å². The summed E-state index contributed by atoms with van der Waals surface area (Å²) in [7, 11) is 1.41. The van der Waals surface area contributed by atoms with Crippen LogP contribution in [0.5, 0.6) is 0 Å². The number of methoxy groups -OCH3 is 1. The maximum Gasteiger partial charge on any atom is 0.340 e. The van der Waals surface area contributed by atoms with Crippen molar-refractivity contribution in [1.82, 2.24) is 9.88 Å². The highest BCUT2D eigenvalue weighted by Gasteiger charge is 2.45. The molecule has 25 heavy (non-hydrogen) atoms. The minimum Gasteiger partial charge on any atom is -0.479 e. The van der Waals surface area contributed by atoms with Gasteiger partial charge in [-0.25, -0.2) is 9.78 Å². The van der Waals surface area contributed by atoms with Gasteiger partial charge in [0, 0.05) is 26.4 Å². The van der Waals surface area contributed by atoms with E-state index in [0.717, 1.165) is 18.3 Å². The Morgan fingerprint density at radius 1 is 1.48 bits per heavy atom. The lowest BCUT2D eigenvalue weighted by molar-refractivity contribution is -0.184. The van der Waals surface area contributed by atoms with Crippen LogP contribution in [-0.4, -0.2) is 72.4 Å². The molecule has 0 radical (unpaired) electrons. The molecule has 3 rings (SSSR count). The Morgan fingerprint density at radius 3 is 2.88 bits per heavy atom. The second-order valence-electron chi connectivity index (χ2n) is 6.56. The average molecular weight is 349 g/mol. The van der Waals surface area contributed by atoms with E-state index >= 15 is 0 Å². The molecule has 1 aromatic rings. The van der Waals surface area contributed by atoms with Crippen LogP contribution in [0.1, 0.15) is 23.2 Å². The summed E-state index contributed by atoms with van der Waals surface area (Å²) in [5.41, 5.74) is -1.10. The fraction of sp³-hybridized carbons (Fsp3) is 0.588. The molecular formula is C17H23N3O5. The van der Waals surface area contributed by atoms with Crippen LogP contribution in [0.15, 0.2) is 18.3 Å². The highest BCUT2D eigenvalue weighted by molar-refractivity contribution is 5.94. The Labute approximate surface area is 146 Å². The standard InChI is InChI=1S/C17H23N3O5/c1-24-11-17(16(22)23)10-20(6-7-25-17)15(21)13-4-5-14(19-9-13)18-8-12-2-3-12/h4-5,9,12H,2-3,6-8,10-11H2,1H3,(H,18,19)(H,22,23). The van der Waals surface area contributed by atoms with Gasteiger partial charge in [0.1, 0.15) is 5.82 Å². The summed E-state index contributed by atoms with van der Waals surface area (Å²) >= 11 is 0. The van der Waals surface area contributed by atoms with Gasteiger partial charge >= 0.3 is 5.97 Å². The van der Waals surface area contributed by atoms with Gasteiger partial charge in [-0.05, 0) is 30.9 Å². The average Bonchev–Trinajstić information content (AvgIpc) is 3.44. The molecular weight excluding hydrogens is 326 g/mol. The van der Waals surface area contributed by atoms with E-state index in [1.54, 1.807) is 12.1 Å². The Kier molecular flexibility index (Phi) is 5.19. The molecule has 8 heteroatoms. The quantitative estimate of drug-likeness (QED) is 0.752. The largest absolute Gasteiger partial charge is 0.479 e. The van der Waals surface area contributed by atoms with Gasteiger partial charge < -0.3 is 24.8 Å². The number of ether oxygens (including phenoxy) is 2. The molecule has 136 valence electrons. The first-order valence-electron chi connectivity index (χ1n) is 8.39. The Balaban J connectivity index is 1.65. The number of hydrogen-bond donors (Lipinski definition) is 2. The number of rotatable bonds is 7. The molecule has 0 aromatic carbocycles. The van der Waals surface area contributed by atoms with Crippen molar-refractivity contribution >= 4 is 17.7 Å². The summed E-state index contributed by atoms with van der Waals surface area (Å²) in [6, 6.07) is 3.48. The number of carbonyl (C=O) groups is 2. The van der Waals surface area contributed by atoms with Crippen molar-refractivity contribution in [3.8, 4) is 0 Å². The second-order valence-corrected chi connectivity index (χ2v) is 6.56. The zero-order valence-electron chi connectivity index (χ0n) is 14.2. The van der Waals surface area contributed by atoms with Crippen molar-refractivity contribution in [2.45, 2.75) is 18.4 Å². The van der Waals surface area contributed by atoms with E-state index in [-0.39, 0.29) is 25.7 Å². The summed E-state index contributed by atoms with van der Waals surface area (Å²) < 4.78 is 10.4.